The van der Waals surface area contributed by atoms with E-state index >= 15 is 0 Å². The van der Waals surface area contributed by atoms with E-state index in [0.717, 1.165) is 11.1 Å². The number of hydrogen-bond donors (Lipinski definition) is 0. The maximum absolute atomic E-state index is 5.49. The van der Waals surface area contributed by atoms with E-state index in [4.69, 9.17) is 9.05 Å². The molecule has 5 rings (SSSR count). The molecule has 0 saturated carbocycles. The molecular formula is C23H15N3O2. The summed E-state index contributed by atoms with van der Waals surface area (Å²) in [5.41, 5.74) is 4.73. The molecule has 0 fully saturated rings. The van der Waals surface area contributed by atoms with Gasteiger partial charge in [-0.15, -0.1) is 0 Å². The van der Waals surface area contributed by atoms with Gasteiger partial charge in [0.2, 0.25) is 0 Å². The predicted molar refractivity (Wildman–Crippen MR) is 106 cm³/mol. The largest absolute Gasteiger partial charge is 0.356 e. The average Bonchev–Trinajstić information content (AvgIpc) is 3.46. The standard InChI is InChI=1S/C23H15N3O2/c1-3-8-16(9-4-1)22-14-20(25-27-22)18-12-7-13-19(24-18)21-15-23(28-26-21)17-10-5-2-6-11-17/h1-15H. The van der Waals surface area contributed by atoms with Crippen LogP contribution in [0.5, 0.6) is 0 Å². The average molecular weight is 365 g/mol. The lowest BCUT2D eigenvalue weighted by Gasteiger charge is -1.98. The van der Waals surface area contributed by atoms with Crippen molar-refractivity contribution in [1.82, 2.24) is 15.3 Å². The molecule has 0 bridgehead atoms. The number of rotatable bonds is 4. The summed E-state index contributed by atoms with van der Waals surface area (Å²) in [5, 5.41) is 8.34. The Morgan fingerprint density at radius 3 is 1.39 bits per heavy atom. The van der Waals surface area contributed by atoms with Crippen molar-refractivity contribution in [2.75, 3.05) is 0 Å². The van der Waals surface area contributed by atoms with Gasteiger partial charge >= 0.3 is 0 Å². The van der Waals surface area contributed by atoms with Crippen LogP contribution in [0.25, 0.3) is 45.4 Å². The smallest absolute Gasteiger partial charge is 0.167 e. The molecule has 0 N–H and O–H groups in total. The fourth-order valence-corrected chi connectivity index (χ4v) is 2.99. The summed E-state index contributed by atoms with van der Waals surface area (Å²) < 4.78 is 11.0. The maximum atomic E-state index is 5.49. The van der Waals surface area contributed by atoms with Crippen molar-refractivity contribution >= 4 is 0 Å². The van der Waals surface area contributed by atoms with Crippen LogP contribution in [0.15, 0.2) is 100 Å². The summed E-state index contributed by atoms with van der Waals surface area (Å²) in [4.78, 5) is 4.68. The lowest BCUT2D eigenvalue weighted by molar-refractivity contribution is 0.434. The van der Waals surface area contributed by atoms with Gasteiger partial charge in [0.25, 0.3) is 0 Å². The Bertz CT molecular complexity index is 1120. The van der Waals surface area contributed by atoms with Gasteiger partial charge in [0.15, 0.2) is 11.5 Å². The molecule has 3 heterocycles. The van der Waals surface area contributed by atoms with Crippen molar-refractivity contribution in [3.63, 3.8) is 0 Å². The van der Waals surface area contributed by atoms with Crippen LogP contribution in [0, 0.1) is 0 Å². The molecule has 0 saturated heterocycles. The fraction of sp³-hybridized carbons (Fsp3) is 0. The van der Waals surface area contributed by atoms with E-state index in [1.807, 2.05) is 91.0 Å². The van der Waals surface area contributed by atoms with Crippen molar-refractivity contribution in [1.29, 1.82) is 0 Å². The van der Waals surface area contributed by atoms with Crippen LogP contribution in [0.1, 0.15) is 0 Å². The van der Waals surface area contributed by atoms with Crippen LogP contribution in [0.4, 0.5) is 0 Å². The second-order valence-electron chi connectivity index (χ2n) is 6.29. The minimum atomic E-state index is 0.674. The minimum absolute atomic E-state index is 0.674. The van der Waals surface area contributed by atoms with E-state index in [-0.39, 0.29) is 0 Å². The maximum Gasteiger partial charge on any atom is 0.167 e. The van der Waals surface area contributed by atoms with Gasteiger partial charge in [0.1, 0.15) is 11.4 Å². The molecule has 3 aromatic heterocycles. The Kier molecular flexibility index (Phi) is 4.03. The van der Waals surface area contributed by atoms with Crippen LogP contribution in [-0.2, 0) is 0 Å². The molecule has 2 aromatic carbocycles. The highest BCUT2D eigenvalue weighted by Crippen LogP contribution is 2.28. The quantitative estimate of drug-likeness (QED) is 0.407. The Hall–Kier alpha value is -3.99. The van der Waals surface area contributed by atoms with E-state index < -0.39 is 0 Å². The lowest BCUT2D eigenvalue weighted by Crippen LogP contribution is -1.87. The van der Waals surface area contributed by atoms with Crippen molar-refractivity contribution in [2.45, 2.75) is 0 Å². The summed E-state index contributed by atoms with van der Waals surface area (Å²) in [7, 11) is 0. The van der Waals surface area contributed by atoms with Crippen molar-refractivity contribution in [3.8, 4) is 45.4 Å². The van der Waals surface area contributed by atoms with E-state index in [9.17, 15) is 0 Å². The molecule has 0 aliphatic rings. The lowest BCUT2D eigenvalue weighted by atomic mass is 10.1. The third kappa shape index (κ3) is 3.10. The molecular weight excluding hydrogens is 350 g/mol. The Balaban J connectivity index is 1.46. The first kappa shape index (κ1) is 16.2. The third-order valence-corrected chi connectivity index (χ3v) is 4.41. The molecule has 28 heavy (non-hydrogen) atoms. The molecule has 0 amide bonds. The SMILES string of the molecule is c1ccc(-c2cc(-c3cccc(-c4cc(-c5ccccc5)on4)n3)no2)cc1. The number of nitrogens with zero attached hydrogens (tertiary/aromatic N) is 3. The third-order valence-electron chi connectivity index (χ3n) is 4.41. The summed E-state index contributed by atoms with van der Waals surface area (Å²) in [5.74, 6) is 1.41. The predicted octanol–water partition coefficient (Wildman–Crippen LogP) is 5.73. The van der Waals surface area contributed by atoms with Crippen LogP contribution < -0.4 is 0 Å². The highest BCUT2D eigenvalue weighted by Gasteiger charge is 2.13. The minimum Gasteiger partial charge on any atom is -0.356 e. The van der Waals surface area contributed by atoms with Crippen LogP contribution >= 0.6 is 0 Å². The van der Waals surface area contributed by atoms with Gasteiger partial charge in [-0.3, -0.25) is 0 Å². The van der Waals surface area contributed by atoms with Gasteiger partial charge in [-0.1, -0.05) is 77.0 Å². The number of hydrogen-bond acceptors (Lipinski definition) is 5. The molecule has 0 radical (unpaired) electrons. The van der Waals surface area contributed by atoms with Crippen LogP contribution in [-0.4, -0.2) is 15.3 Å². The molecule has 134 valence electrons. The van der Waals surface area contributed by atoms with Crippen molar-refractivity contribution in [3.05, 3.63) is 91.0 Å². The van der Waals surface area contributed by atoms with Gasteiger partial charge in [-0.25, -0.2) is 4.98 Å². The van der Waals surface area contributed by atoms with E-state index in [0.29, 0.717) is 34.3 Å². The first-order valence-corrected chi connectivity index (χ1v) is 8.89. The molecule has 5 heteroatoms. The van der Waals surface area contributed by atoms with Gasteiger partial charge in [0, 0.05) is 23.3 Å². The second-order valence-corrected chi connectivity index (χ2v) is 6.29. The zero-order chi connectivity index (χ0) is 18.8. The van der Waals surface area contributed by atoms with Gasteiger partial charge in [0.05, 0.1) is 11.4 Å². The summed E-state index contributed by atoms with van der Waals surface area (Å²) in [6.45, 7) is 0. The Morgan fingerprint density at radius 2 is 0.929 bits per heavy atom. The van der Waals surface area contributed by atoms with Gasteiger partial charge in [-0.2, -0.15) is 0 Å². The Labute approximate surface area is 161 Å². The normalized spacial score (nSPS) is 10.9. The highest BCUT2D eigenvalue weighted by atomic mass is 16.5. The zero-order valence-electron chi connectivity index (χ0n) is 14.8. The fourth-order valence-electron chi connectivity index (χ4n) is 2.99. The number of benzene rings is 2. The molecule has 5 nitrogen and oxygen atoms in total. The first-order chi connectivity index (χ1) is 13.9. The summed E-state index contributed by atoms with van der Waals surface area (Å²) in [6, 6.07) is 29.2. The van der Waals surface area contributed by atoms with E-state index in [1.165, 1.54) is 0 Å². The summed E-state index contributed by atoms with van der Waals surface area (Å²) in [6.07, 6.45) is 0. The molecule has 0 aliphatic heterocycles. The number of pyridine rings is 1. The van der Waals surface area contributed by atoms with Gasteiger partial charge < -0.3 is 9.05 Å². The second kappa shape index (κ2) is 6.96. The van der Waals surface area contributed by atoms with E-state index in [1.54, 1.807) is 0 Å². The molecule has 0 spiro atoms. The molecule has 0 atom stereocenters. The van der Waals surface area contributed by atoms with Crippen LogP contribution in [0.3, 0.4) is 0 Å². The topological polar surface area (TPSA) is 65.0 Å². The van der Waals surface area contributed by atoms with Crippen molar-refractivity contribution < 1.29 is 9.05 Å². The number of aromatic nitrogens is 3. The highest BCUT2D eigenvalue weighted by molar-refractivity contribution is 5.68. The monoisotopic (exact) mass is 365 g/mol. The molecule has 5 aromatic rings. The zero-order valence-corrected chi connectivity index (χ0v) is 14.8. The van der Waals surface area contributed by atoms with Crippen molar-refractivity contribution in [2.24, 2.45) is 0 Å². The first-order valence-electron chi connectivity index (χ1n) is 8.89. The van der Waals surface area contributed by atoms with E-state index in [2.05, 4.69) is 15.3 Å². The molecule has 0 unspecified atom stereocenters. The van der Waals surface area contributed by atoms with Gasteiger partial charge in [-0.05, 0) is 12.1 Å². The van der Waals surface area contributed by atoms with Crippen LogP contribution in [0.2, 0.25) is 0 Å². The molecule has 0 aliphatic carbocycles. The summed E-state index contributed by atoms with van der Waals surface area (Å²) >= 11 is 0. The Morgan fingerprint density at radius 1 is 0.464 bits per heavy atom.